The van der Waals surface area contributed by atoms with Crippen molar-refractivity contribution < 1.29 is 28.5 Å². The van der Waals surface area contributed by atoms with Gasteiger partial charge in [-0.2, -0.15) is 10.1 Å². The maximum Gasteiger partial charge on any atom is 0.255 e. The molecule has 1 aromatic heterocycles. The van der Waals surface area contributed by atoms with Crippen molar-refractivity contribution in [3.05, 3.63) is 53.5 Å². The summed E-state index contributed by atoms with van der Waals surface area (Å²) in [6.45, 7) is 1.81. The van der Waals surface area contributed by atoms with E-state index in [1.807, 2.05) is 0 Å². The van der Waals surface area contributed by atoms with E-state index >= 15 is 0 Å². The summed E-state index contributed by atoms with van der Waals surface area (Å²) in [4.78, 5) is 18.0. The molecular formula is C24H27N5O6. The van der Waals surface area contributed by atoms with Crippen LogP contribution in [0.15, 0.2) is 47.9 Å². The maximum absolute atomic E-state index is 13.7. The second-order valence-corrected chi connectivity index (χ2v) is 7.57. The highest BCUT2D eigenvalue weighted by atomic mass is 16.5. The van der Waals surface area contributed by atoms with Crippen molar-refractivity contribution in [3.63, 3.8) is 0 Å². The van der Waals surface area contributed by atoms with Gasteiger partial charge in [-0.05, 0) is 36.8 Å². The van der Waals surface area contributed by atoms with Gasteiger partial charge in [-0.15, -0.1) is 0 Å². The van der Waals surface area contributed by atoms with Gasteiger partial charge in [-0.1, -0.05) is 0 Å². The lowest BCUT2D eigenvalue weighted by atomic mass is 9.94. The highest BCUT2D eigenvalue weighted by Gasteiger charge is 2.35. The molecule has 11 nitrogen and oxygen atoms in total. The number of allylic oxidation sites excluding steroid dienone is 1. The summed E-state index contributed by atoms with van der Waals surface area (Å²) in [6, 6.07) is 8.10. The molecule has 1 amide bonds. The smallest absolute Gasteiger partial charge is 0.255 e. The van der Waals surface area contributed by atoms with Gasteiger partial charge in [0, 0.05) is 11.8 Å². The van der Waals surface area contributed by atoms with E-state index in [1.54, 1.807) is 49.0 Å². The van der Waals surface area contributed by atoms with E-state index in [0.717, 1.165) is 0 Å². The van der Waals surface area contributed by atoms with E-state index in [-0.39, 0.29) is 5.91 Å². The van der Waals surface area contributed by atoms with Gasteiger partial charge < -0.3 is 34.3 Å². The molecular weight excluding hydrogens is 454 g/mol. The predicted octanol–water partition coefficient (Wildman–Crippen LogP) is 3.25. The number of amides is 1. The zero-order valence-electron chi connectivity index (χ0n) is 20.3. The van der Waals surface area contributed by atoms with E-state index in [0.29, 0.717) is 57.2 Å². The number of methoxy groups -OCH3 is 5. The first-order valence-corrected chi connectivity index (χ1v) is 10.7. The fourth-order valence-corrected chi connectivity index (χ4v) is 4.05. The van der Waals surface area contributed by atoms with Gasteiger partial charge >= 0.3 is 0 Å². The second-order valence-electron chi connectivity index (χ2n) is 7.57. The SMILES string of the molecule is COc1ccc(OC)c(NC(=O)C2=C(C)Nc3ncnn3C2c2cc(OC)c(OC)c(OC)c2)c1. The summed E-state index contributed by atoms with van der Waals surface area (Å²) in [5.74, 6) is 2.56. The molecule has 2 heterocycles. The Bertz CT molecular complexity index is 1260. The highest BCUT2D eigenvalue weighted by Crippen LogP contribution is 2.44. The number of rotatable bonds is 8. The van der Waals surface area contributed by atoms with Crippen LogP contribution in [-0.4, -0.2) is 56.2 Å². The Kier molecular flexibility index (Phi) is 6.67. The number of ether oxygens (including phenoxy) is 5. The zero-order chi connectivity index (χ0) is 25.1. The maximum atomic E-state index is 13.7. The minimum atomic E-state index is -0.640. The fraction of sp³-hybridized carbons (Fsp3) is 0.292. The molecule has 1 aliphatic heterocycles. The minimum Gasteiger partial charge on any atom is -0.497 e. The van der Waals surface area contributed by atoms with Crippen LogP contribution in [0.2, 0.25) is 0 Å². The molecule has 0 saturated carbocycles. The number of nitrogens with one attached hydrogen (secondary N) is 2. The number of fused-ring (bicyclic) bond motifs is 1. The van der Waals surface area contributed by atoms with Crippen molar-refractivity contribution in [2.24, 2.45) is 0 Å². The van der Waals surface area contributed by atoms with Crippen molar-refractivity contribution in [1.82, 2.24) is 14.8 Å². The van der Waals surface area contributed by atoms with E-state index in [2.05, 4.69) is 20.7 Å². The molecule has 0 radical (unpaired) electrons. The first-order valence-electron chi connectivity index (χ1n) is 10.7. The van der Waals surface area contributed by atoms with Crippen molar-refractivity contribution >= 4 is 17.5 Å². The average molecular weight is 482 g/mol. The minimum absolute atomic E-state index is 0.360. The highest BCUT2D eigenvalue weighted by molar-refractivity contribution is 6.06. The van der Waals surface area contributed by atoms with Crippen LogP contribution in [0.1, 0.15) is 18.5 Å². The molecule has 0 fully saturated rings. The third-order valence-corrected chi connectivity index (χ3v) is 5.70. The molecule has 184 valence electrons. The Morgan fingerprint density at radius 1 is 0.943 bits per heavy atom. The van der Waals surface area contributed by atoms with Crippen LogP contribution >= 0.6 is 0 Å². The molecule has 1 atom stereocenters. The summed E-state index contributed by atoms with van der Waals surface area (Å²) in [7, 11) is 7.69. The van der Waals surface area contributed by atoms with Crippen LogP contribution in [-0.2, 0) is 4.79 Å². The fourth-order valence-electron chi connectivity index (χ4n) is 4.05. The Morgan fingerprint density at radius 3 is 2.23 bits per heavy atom. The summed E-state index contributed by atoms with van der Waals surface area (Å²) in [5, 5.41) is 10.5. The molecule has 1 aliphatic rings. The van der Waals surface area contributed by atoms with E-state index in [4.69, 9.17) is 23.7 Å². The van der Waals surface area contributed by atoms with E-state index in [9.17, 15) is 4.79 Å². The van der Waals surface area contributed by atoms with Gasteiger partial charge in [0.1, 0.15) is 23.9 Å². The summed E-state index contributed by atoms with van der Waals surface area (Å²) < 4.78 is 28.9. The van der Waals surface area contributed by atoms with Crippen molar-refractivity contribution in [2.75, 3.05) is 46.2 Å². The van der Waals surface area contributed by atoms with Crippen LogP contribution in [0.4, 0.5) is 11.6 Å². The number of nitrogens with zero attached hydrogens (tertiary/aromatic N) is 3. The largest absolute Gasteiger partial charge is 0.497 e. The van der Waals surface area contributed by atoms with Crippen LogP contribution in [0, 0.1) is 0 Å². The molecule has 0 aliphatic carbocycles. The first kappa shape index (κ1) is 23.7. The molecule has 2 N–H and O–H groups in total. The standard InChI is InChI=1S/C24H27N5O6/c1-13-20(23(30)28-16-11-15(31-2)7-8-17(16)32-3)21(29-24(27-13)25-12-26-29)14-9-18(33-4)22(35-6)19(10-14)34-5/h7-12,21H,1-6H3,(H,28,30)(H,25,26,27). The Hall–Kier alpha value is -4.41. The number of anilines is 2. The third kappa shape index (κ3) is 4.27. The Balaban J connectivity index is 1.83. The zero-order valence-corrected chi connectivity index (χ0v) is 20.3. The summed E-state index contributed by atoms with van der Waals surface area (Å²) >= 11 is 0. The van der Waals surface area contributed by atoms with Gasteiger partial charge in [-0.25, -0.2) is 4.68 Å². The van der Waals surface area contributed by atoms with Crippen molar-refractivity contribution in [3.8, 4) is 28.7 Å². The number of hydrogen-bond acceptors (Lipinski definition) is 9. The lowest BCUT2D eigenvalue weighted by molar-refractivity contribution is -0.113. The van der Waals surface area contributed by atoms with E-state index in [1.165, 1.54) is 34.8 Å². The monoisotopic (exact) mass is 481 g/mol. The summed E-state index contributed by atoms with van der Waals surface area (Å²) in [5.41, 5.74) is 2.19. The molecule has 0 saturated heterocycles. The summed E-state index contributed by atoms with van der Waals surface area (Å²) in [6.07, 6.45) is 1.42. The van der Waals surface area contributed by atoms with Crippen LogP contribution in [0.3, 0.4) is 0 Å². The van der Waals surface area contributed by atoms with Gasteiger partial charge in [0.25, 0.3) is 5.91 Å². The second kappa shape index (κ2) is 9.84. The Labute approximate surface area is 202 Å². The van der Waals surface area contributed by atoms with Gasteiger partial charge in [0.05, 0.1) is 46.8 Å². The van der Waals surface area contributed by atoms with Gasteiger partial charge in [0.15, 0.2) is 11.5 Å². The number of carbonyl (C=O) groups is 1. The lowest BCUT2D eigenvalue weighted by Gasteiger charge is -2.29. The molecule has 11 heteroatoms. The normalized spacial score (nSPS) is 14.5. The van der Waals surface area contributed by atoms with Gasteiger partial charge in [-0.3, -0.25) is 4.79 Å². The van der Waals surface area contributed by atoms with Crippen LogP contribution < -0.4 is 34.3 Å². The van der Waals surface area contributed by atoms with Crippen LogP contribution in [0.5, 0.6) is 28.7 Å². The molecule has 1 unspecified atom stereocenters. The van der Waals surface area contributed by atoms with Crippen LogP contribution in [0.25, 0.3) is 0 Å². The molecule has 4 rings (SSSR count). The Morgan fingerprint density at radius 2 is 1.63 bits per heavy atom. The molecule has 0 spiro atoms. The molecule has 2 aromatic carbocycles. The van der Waals surface area contributed by atoms with Crippen molar-refractivity contribution in [2.45, 2.75) is 13.0 Å². The van der Waals surface area contributed by atoms with E-state index < -0.39 is 6.04 Å². The third-order valence-electron chi connectivity index (χ3n) is 5.70. The number of aromatic nitrogens is 3. The molecule has 3 aromatic rings. The average Bonchev–Trinajstić information content (AvgIpc) is 3.34. The predicted molar refractivity (Wildman–Crippen MR) is 129 cm³/mol. The number of benzene rings is 2. The topological polar surface area (TPSA) is 118 Å². The first-order chi connectivity index (χ1) is 16.9. The van der Waals surface area contributed by atoms with Gasteiger partial charge in [0.2, 0.25) is 11.7 Å². The number of carbonyl (C=O) groups excluding carboxylic acids is 1. The lowest BCUT2D eigenvalue weighted by Crippen LogP contribution is -2.31. The van der Waals surface area contributed by atoms with Crippen molar-refractivity contribution in [1.29, 1.82) is 0 Å². The quantitative estimate of drug-likeness (QED) is 0.500. The number of hydrogen-bond donors (Lipinski definition) is 2. The molecule has 0 bridgehead atoms. The molecule has 35 heavy (non-hydrogen) atoms.